The first-order valence-electron chi connectivity index (χ1n) is 5.63. The lowest BCUT2D eigenvalue weighted by Crippen LogP contribution is -2.05. The van der Waals surface area contributed by atoms with E-state index in [0.717, 1.165) is 0 Å². The van der Waals surface area contributed by atoms with Gasteiger partial charge in [0.25, 0.3) is 0 Å². The van der Waals surface area contributed by atoms with Crippen LogP contribution in [0, 0.1) is 5.82 Å². The normalized spacial score (nSPS) is 10.3. The summed E-state index contributed by atoms with van der Waals surface area (Å²) in [7, 11) is 1.46. The summed E-state index contributed by atoms with van der Waals surface area (Å²) in [6.45, 7) is 3.05. The molecular weight excluding hydrogens is 223 g/mol. The molecule has 4 heteroatoms. The van der Waals surface area contributed by atoms with Gasteiger partial charge in [-0.05, 0) is 25.5 Å². The highest BCUT2D eigenvalue weighted by Crippen LogP contribution is 2.17. The molecule has 0 N–H and O–H groups in total. The lowest BCUT2D eigenvalue weighted by molar-refractivity contribution is 0.0943. The third-order valence-electron chi connectivity index (χ3n) is 2.37. The number of benzene rings is 1. The van der Waals surface area contributed by atoms with Crippen LogP contribution in [0.15, 0.2) is 18.2 Å². The first-order valence-corrected chi connectivity index (χ1v) is 5.63. The van der Waals surface area contributed by atoms with Gasteiger partial charge in [0.1, 0.15) is 11.6 Å². The summed E-state index contributed by atoms with van der Waals surface area (Å²) in [6, 6.07) is 4.26. The highest BCUT2D eigenvalue weighted by molar-refractivity contribution is 5.96. The molecule has 0 heterocycles. The second-order valence-electron chi connectivity index (χ2n) is 3.57. The van der Waals surface area contributed by atoms with Gasteiger partial charge in [-0.1, -0.05) is 0 Å². The first-order chi connectivity index (χ1) is 8.19. The summed E-state index contributed by atoms with van der Waals surface area (Å²) in [5, 5.41) is 0. The molecule has 94 valence electrons. The predicted octanol–water partition coefficient (Wildman–Crippen LogP) is 2.83. The Morgan fingerprint density at radius 2 is 2.18 bits per heavy atom. The van der Waals surface area contributed by atoms with Gasteiger partial charge in [-0.3, -0.25) is 4.79 Å². The monoisotopic (exact) mass is 240 g/mol. The van der Waals surface area contributed by atoms with Crippen LogP contribution in [0.3, 0.4) is 0 Å². The van der Waals surface area contributed by atoms with E-state index >= 15 is 0 Å². The van der Waals surface area contributed by atoms with Crippen LogP contribution in [0.1, 0.15) is 30.1 Å². The number of Topliss-reactive ketones (excluding diaryl/α,β-unsaturated/α-hetero) is 1. The third-order valence-corrected chi connectivity index (χ3v) is 2.37. The minimum atomic E-state index is -0.536. The smallest absolute Gasteiger partial charge is 0.165 e. The molecular formula is C13H17FO3. The van der Waals surface area contributed by atoms with Crippen molar-refractivity contribution in [2.45, 2.75) is 19.8 Å². The van der Waals surface area contributed by atoms with Gasteiger partial charge in [-0.25, -0.2) is 4.39 Å². The lowest BCUT2D eigenvalue weighted by Gasteiger charge is -2.05. The predicted molar refractivity (Wildman–Crippen MR) is 63.0 cm³/mol. The van der Waals surface area contributed by atoms with E-state index in [1.807, 2.05) is 6.92 Å². The zero-order valence-electron chi connectivity index (χ0n) is 10.2. The highest BCUT2D eigenvalue weighted by atomic mass is 19.1. The van der Waals surface area contributed by atoms with E-state index in [4.69, 9.17) is 9.47 Å². The standard InChI is InChI=1S/C13H17FO3/c1-3-17-8-4-5-13(15)11-7-6-10(16-2)9-12(11)14/h6-7,9H,3-5,8H2,1-2H3. The van der Waals surface area contributed by atoms with E-state index in [2.05, 4.69) is 0 Å². The molecule has 0 aliphatic rings. The molecule has 0 aromatic heterocycles. The van der Waals surface area contributed by atoms with Crippen molar-refractivity contribution in [3.8, 4) is 5.75 Å². The summed E-state index contributed by atoms with van der Waals surface area (Å²) in [6.07, 6.45) is 0.904. The SMILES string of the molecule is CCOCCCC(=O)c1ccc(OC)cc1F. The van der Waals surface area contributed by atoms with E-state index < -0.39 is 5.82 Å². The number of methoxy groups -OCH3 is 1. The Morgan fingerprint density at radius 3 is 2.76 bits per heavy atom. The van der Waals surface area contributed by atoms with Crippen molar-refractivity contribution >= 4 is 5.78 Å². The van der Waals surface area contributed by atoms with Gasteiger partial charge in [-0.2, -0.15) is 0 Å². The van der Waals surface area contributed by atoms with Crippen molar-refractivity contribution in [1.29, 1.82) is 0 Å². The molecule has 0 fully saturated rings. The molecule has 0 atom stereocenters. The van der Waals surface area contributed by atoms with Crippen LogP contribution in [-0.2, 0) is 4.74 Å². The third kappa shape index (κ3) is 4.15. The number of ketones is 1. The van der Waals surface area contributed by atoms with E-state index in [1.54, 1.807) is 6.07 Å². The van der Waals surface area contributed by atoms with Crippen LogP contribution in [-0.4, -0.2) is 26.1 Å². The Morgan fingerprint density at radius 1 is 1.41 bits per heavy atom. The Labute approximate surface area is 101 Å². The summed E-state index contributed by atoms with van der Waals surface area (Å²) in [5.74, 6) is -0.330. The van der Waals surface area contributed by atoms with E-state index in [9.17, 15) is 9.18 Å². The van der Waals surface area contributed by atoms with Gasteiger partial charge in [0.15, 0.2) is 5.78 Å². The van der Waals surface area contributed by atoms with Crippen molar-refractivity contribution in [2.24, 2.45) is 0 Å². The van der Waals surface area contributed by atoms with Crippen LogP contribution >= 0.6 is 0 Å². The Kier molecular flexibility index (Phi) is 5.63. The zero-order chi connectivity index (χ0) is 12.7. The number of hydrogen-bond donors (Lipinski definition) is 0. The number of rotatable bonds is 7. The summed E-state index contributed by atoms with van der Waals surface area (Å²) >= 11 is 0. The van der Waals surface area contributed by atoms with Crippen LogP contribution in [0.5, 0.6) is 5.75 Å². The molecule has 17 heavy (non-hydrogen) atoms. The molecule has 0 aliphatic carbocycles. The van der Waals surface area contributed by atoms with E-state index in [1.165, 1.54) is 19.2 Å². The maximum atomic E-state index is 13.5. The minimum Gasteiger partial charge on any atom is -0.497 e. The van der Waals surface area contributed by atoms with Gasteiger partial charge in [-0.15, -0.1) is 0 Å². The van der Waals surface area contributed by atoms with Crippen LogP contribution < -0.4 is 4.74 Å². The molecule has 1 aromatic carbocycles. The van der Waals surface area contributed by atoms with Gasteiger partial charge in [0, 0.05) is 25.7 Å². The molecule has 0 amide bonds. The molecule has 1 rings (SSSR count). The fraction of sp³-hybridized carbons (Fsp3) is 0.462. The Bertz CT molecular complexity index is 377. The highest BCUT2D eigenvalue weighted by Gasteiger charge is 2.12. The topological polar surface area (TPSA) is 35.5 Å². The molecule has 1 aromatic rings. The minimum absolute atomic E-state index is 0.113. The maximum absolute atomic E-state index is 13.5. The quantitative estimate of drug-likeness (QED) is 0.543. The first kappa shape index (κ1) is 13.6. The summed E-state index contributed by atoms with van der Waals surface area (Å²) in [5.41, 5.74) is 0.113. The van der Waals surface area contributed by atoms with E-state index in [-0.39, 0.29) is 11.3 Å². The van der Waals surface area contributed by atoms with Gasteiger partial charge in [0.05, 0.1) is 12.7 Å². The van der Waals surface area contributed by atoms with Gasteiger partial charge < -0.3 is 9.47 Å². The number of halogens is 1. The molecule has 0 radical (unpaired) electrons. The molecule has 0 saturated carbocycles. The number of carbonyl (C=O) groups is 1. The van der Waals surface area contributed by atoms with Crippen molar-refractivity contribution in [3.63, 3.8) is 0 Å². The van der Waals surface area contributed by atoms with Crippen molar-refractivity contribution in [1.82, 2.24) is 0 Å². The van der Waals surface area contributed by atoms with Gasteiger partial charge >= 0.3 is 0 Å². The average molecular weight is 240 g/mol. The number of carbonyl (C=O) groups excluding carboxylic acids is 1. The molecule has 0 spiro atoms. The molecule has 0 bridgehead atoms. The zero-order valence-corrected chi connectivity index (χ0v) is 10.2. The van der Waals surface area contributed by atoms with Gasteiger partial charge in [0.2, 0.25) is 0 Å². The van der Waals surface area contributed by atoms with Crippen LogP contribution in [0.4, 0.5) is 4.39 Å². The molecule has 0 aliphatic heterocycles. The van der Waals surface area contributed by atoms with Crippen LogP contribution in [0.25, 0.3) is 0 Å². The fourth-order valence-electron chi connectivity index (χ4n) is 1.46. The summed E-state index contributed by atoms with van der Waals surface area (Å²) < 4.78 is 23.5. The number of ether oxygens (including phenoxy) is 2. The second-order valence-corrected chi connectivity index (χ2v) is 3.57. The van der Waals surface area contributed by atoms with Crippen LogP contribution in [0.2, 0.25) is 0 Å². The fourth-order valence-corrected chi connectivity index (χ4v) is 1.46. The van der Waals surface area contributed by atoms with Crippen molar-refractivity contribution in [2.75, 3.05) is 20.3 Å². The Hall–Kier alpha value is -1.42. The van der Waals surface area contributed by atoms with E-state index in [0.29, 0.717) is 31.8 Å². The maximum Gasteiger partial charge on any atom is 0.165 e. The summed E-state index contributed by atoms with van der Waals surface area (Å²) in [4.78, 5) is 11.7. The second kappa shape index (κ2) is 7.01. The van der Waals surface area contributed by atoms with Crippen molar-refractivity contribution < 1.29 is 18.7 Å². The molecule has 3 nitrogen and oxygen atoms in total. The molecule has 0 unspecified atom stereocenters. The average Bonchev–Trinajstić information content (AvgIpc) is 2.34. The largest absolute Gasteiger partial charge is 0.497 e. The lowest BCUT2D eigenvalue weighted by atomic mass is 10.1. The number of hydrogen-bond acceptors (Lipinski definition) is 3. The van der Waals surface area contributed by atoms with Crippen molar-refractivity contribution in [3.05, 3.63) is 29.6 Å². The molecule has 0 saturated heterocycles. The Balaban J connectivity index is 2.57.